The molecule has 2 heteroatoms. The van der Waals surface area contributed by atoms with Crippen LogP contribution in [0.4, 0.5) is 0 Å². The summed E-state index contributed by atoms with van der Waals surface area (Å²) in [5.41, 5.74) is 2.48. The lowest BCUT2D eigenvalue weighted by molar-refractivity contribution is 0.701. The Balaban J connectivity index is 2.32. The van der Waals surface area contributed by atoms with Crippen LogP contribution in [0.15, 0.2) is 55.1 Å². The van der Waals surface area contributed by atoms with Gasteiger partial charge in [0.1, 0.15) is 0 Å². The molecule has 0 bridgehead atoms. The van der Waals surface area contributed by atoms with E-state index in [1.54, 1.807) is 0 Å². The van der Waals surface area contributed by atoms with Gasteiger partial charge >= 0.3 is 0 Å². The number of rotatable bonds is 8. The van der Waals surface area contributed by atoms with Gasteiger partial charge in [0.25, 0.3) is 0 Å². The first-order chi connectivity index (χ1) is 8.26. The molecular weight excluding hydrogens is 248 g/mol. The Kier molecular flexibility index (Phi) is 7.14. The van der Waals surface area contributed by atoms with Gasteiger partial charge < -0.3 is 0 Å². The highest BCUT2D eigenvalue weighted by Crippen LogP contribution is 2.26. The van der Waals surface area contributed by atoms with Crippen LogP contribution in [0.1, 0.15) is 24.8 Å². The van der Waals surface area contributed by atoms with Gasteiger partial charge in [0.05, 0.1) is 0 Å². The Bertz CT molecular complexity index is 345. The first-order valence-corrected chi connectivity index (χ1v) is 7.58. The van der Waals surface area contributed by atoms with Crippen molar-refractivity contribution in [3.63, 3.8) is 0 Å². The van der Waals surface area contributed by atoms with Gasteiger partial charge in [-0.25, -0.2) is 0 Å². The molecule has 0 spiro atoms. The number of halogens is 1. The van der Waals surface area contributed by atoms with Gasteiger partial charge in [-0.2, -0.15) is 0 Å². The zero-order valence-corrected chi connectivity index (χ0v) is 11.6. The molecule has 0 radical (unpaired) electrons. The first kappa shape index (κ1) is 14.4. The minimum absolute atomic E-state index is 0.494. The second kappa shape index (κ2) is 8.43. The fourth-order valence-electron chi connectivity index (χ4n) is 1.65. The fraction of sp³-hybridized carbons (Fsp3) is 0.333. The van der Waals surface area contributed by atoms with Crippen molar-refractivity contribution in [1.82, 2.24) is 0 Å². The third-order valence-electron chi connectivity index (χ3n) is 2.80. The number of aryl methyl sites for hydroxylation is 1. The van der Waals surface area contributed by atoms with Crippen molar-refractivity contribution < 1.29 is 0 Å². The fourth-order valence-corrected chi connectivity index (χ4v) is 2.60. The average Bonchev–Trinajstić information content (AvgIpc) is 2.39. The summed E-state index contributed by atoms with van der Waals surface area (Å²) in [7, 11) is 7.36. The number of hydrogen-bond donors (Lipinski definition) is 0. The van der Waals surface area contributed by atoms with Gasteiger partial charge in [-0.15, -0.1) is 0 Å². The highest BCUT2D eigenvalue weighted by Gasteiger charge is 2.08. The second-order valence-corrected chi connectivity index (χ2v) is 5.52. The number of allylic oxidation sites excluding steroid dienone is 2. The monoisotopic (exact) mass is 266 g/mol. The van der Waals surface area contributed by atoms with Crippen molar-refractivity contribution in [2.24, 2.45) is 0 Å². The first-order valence-electron chi connectivity index (χ1n) is 5.87. The maximum atomic E-state index is 5.92. The summed E-state index contributed by atoms with van der Waals surface area (Å²) in [6.07, 6.45) is 6.09. The Labute approximate surface area is 113 Å². The zero-order chi connectivity index (χ0) is 12.5. The van der Waals surface area contributed by atoms with Crippen molar-refractivity contribution in [2.75, 3.05) is 0 Å². The SMILES string of the molecule is C=CC(=C)CCC(CCc1ccccc1)SCl. The average molecular weight is 267 g/mol. The molecule has 17 heavy (non-hydrogen) atoms. The largest absolute Gasteiger partial charge is 0.0988 e. The molecule has 0 fully saturated rings. The van der Waals surface area contributed by atoms with Crippen LogP contribution in [0.3, 0.4) is 0 Å². The minimum Gasteiger partial charge on any atom is -0.0988 e. The number of benzene rings is 1. The van der Waals surface area contributed by atoms with Gasteiger partial charge in [-0.3, -0.25) is 0 Å². The van der Waals surface area contributed by atoms with Crippen LogP contribution in [-0.2, 0) is 6.42 Å². The second-order valence-electron chi connectivity index (χ2n) is 4.14. The lowest BCUT2D eigenvalue weighted by atomic mass is 10.0. The lowest BCUT2D eigenvalue weighted by Gasteiger charge is -2.12. The van der Waals surface area contributed by atoms with E-state index in [0.29, 0.717) is 5.25 Å². The molecule has 1 aromatic carbocycles. The van der Waals surface area contributed by atoms with Crippen molar-refractivity contribution >= 4 is 21.7 Å². The minimum atomic E-state index is 0.494. The van der Waals surface area contributed by atoms with Crippen LogP contribution in [0, 0.1) is 0 Å². The summed E-state index contributed by atoms with van der Waals surface area (Å²) in [5, 5.41) is 0.494. The normalized spacial score (nSPS) is 12.1. The topological polar surface area (TPSA) is 0 Å². The van der Waals surface area contributed by atoms with Crippen molar-refractivity contribution in [1.29, 1.82) is 0 Å². The van der Waals surface area contributed by atoms with Crippen molar-refractivity contribution in [3.8, 4) is 0 Å². The quantitative estimate of drug-likeness (QED) is 0.568. The molecule has 1 atom stereocenters. The highest BCUT2D eigenvalue weighted by molar-refractivity contribution is 8.21. The van der Waals surface area contributed by atoms with E-state index in [4.69, 9.17) is 10.7 Å². The van der Waals surface area contributed by atoms with Gasteiger partial charge in [-0.05, 0) is 41.9 Å². The molecule has 0 aliphatic carbocycles. The molecule has 0 aromatic heterocycles. The summed E-state index contributed by atoms with van der Waals surface area (Å²) in [6.45, 7) is 7.65. The summed E-state index contributed by atoms with van der Waals surface area (Å²) in [5.74, 6) is 0. The molecule has 0 amide bonds. The highest BCUT2D eigenvalue weighted by atomic mass is 35.7. The predicted octanol–water partition coefficient (Wildman–Crippen LogP) is 5.40. The predicted molar refractivity (Wildman–Crippen MR) is 80.6 cm³/mol. The van der Waals surface area contributed by atoms with Crippen LogP contribution in [0.2, 0.25) is 0 Å². The molecule has 1 rings (SSSR count). The van der Waals surface area contributed by atoms with Crippen LogP contribution in [0.5, 0.6) is 0 Å². The van der Waals surface area contributed by atoms with Crippen molar-refractivity contribution in [2.45, 2.75) is 30.9 Å². The molecule has 1 aromatic rings. The standard InChI is InChI=1S/C15H19ClS/c1-3-13(2)9-11-15(17-16)12-10-14-7-5-4-6-8-14/h3-8,15H,1-2,9-12H2. The van der Waals surface area contributed by atoms with E-state index in [1.165, 1.54) is 16.5 Å². The smallest absolute Gasteiger partial charge is 0.0205 e. The maximum Gasteiger partial charge on any atom is 0.0205 e. The van der Waals surface area contributed by atoms with Crippen molar-refractivity contribution in [3.05, 3.63) is 60.7 Å². The molecular formula is C15H19ClS. The Morgan fingerprint density at radius 1 is 1.29 bits per heavy atom. The van der Waals surface area contributed by atoms with Crippen LogP contribution in [-0.4, -0.2) is 5.25 Å². The summed E-state index contributed by atoms with van der Waals surface area (Å²) >= 11 is 0. The van der Waals surface area contributed by atoms with E-state index in [0.717, 1.165) is 31.3 Å². The van der Waals surface area contributed by atoms with Gasteiger partial charge in [0, 0.05) is 5.25 Å². The number of hydrogen-bond acceptors (Lipinski definition) is 1. The molecule has 0 N–H and O–H groups in total. The maximum absolute atomic E-state index is 5.92. The lowest BCUT2D eigenvalue weighted by Crippen LogP contribution is -2.03. The molecule has 0 heterocycles. The summed E-state index contributed by atoms with van der Waals surface area (Å²) in [6, 6.07) is 10.5. The van der Waals surface area contributed by atoms with E-state index in [-0.39, 0.29) is 0 Å². The van der Waals surface area contributed by atoms with Gasteiger partial charge in [0.2, 0.25) is 0 Å². The molecule has 0 saturated carbocycles. The van der Waals surface area contributed by atoms with Crippen LogP contribution < -0.4 is 0 Å². The van der Waals surface area contributed by atoms with Crippen LogP contribution in [0.25, 0.3) is 0 Å². The van der Waals surface area contributed by atoms with E-state index >= 15 is 0 Å². The van der Waals surface area contributed by atoms with E-state index in [1.807, 2.05) is 12.1 Å². The molecule has 92 valence electrons. The zero-order valence-electron chi connectivity index (χ0n) is 10.1. The molecule has 0 aliphatic heterocycles. The Morgan fingerprint density at radius 3 is 2.59 bits per heavy atom. The third kappa shape index (κ3) is 5.99. The van der Waals surface area contributed by atoms with E-state index in [2.05, 4.69) is 37.4 Å². The van der Waals surface area contributed by atoms with E-state index in [9.17, 15) is 0 Å². The van der Waals surface area contributed by atoms with Gasteiger partial charge in [-0.1, -0.05) is 66.1 Å². The Hall–Kier alpha value is -0.660. The molecule has 0 aliphatic rings. The molecule has 0 saturated heterocycles. The summed E-state index contributed by atoms with van der Waals surface area (Å²) < 4.78 is 0. The van der Waals surface area contributed by atoms with Crippen LogP contribution >= 0.6 is 21.7 Å². The molecule has 0 nitrogen and oxygen atoms in total. The third-order valence-corrected chi connectivity index (χ3v) is 4.28. The van der Waals surface area contributed by atoms with Gasteiger partial charge in [0.15, 0.2) is 0 Å². The Morgan fingerprint density at radius 2 is 2.00 bits per heavy atom. The van der Waals surface area contributed by atoms with E-state index < -0.39 is 0 Å². The summed E-state index contributed by atoms with van der Waals surface area (Å²) in [4.78, 5) is 0. The molecule has 1 unspecified atom stereocenters.